The van der Waals surface area contributed by atoms with Gasteiger partial charge in [0.05, 0.1) is 16.3 Å². The van der Waals surface area contributed by atoms with Gasteiger partial charge in [0.1, 0.15) is 5.69 Å². The summed E-state index contributed by atoms with van der Waals surface area (Å²) in [7, 11) is 0. The van der Waals surface area contributed by atoms with Crippen LogP contribution in [0.3, 0.4) is 0 Å². The quantitative estimate of drug-likeness (QED) is 0.893. The number of halogens is 4. The fraction of sp³-hybridized carbons (Fsp3) is 0.0769. The number of pyridine rings is 1. The fourth-order valence-corrected chi connectivity index (χ4v) is 1.79. The average molecular weight is 317 g/mol. The third kappa shape index (κ3) is 3.63. The lowest BCUT2D eigenvalue weighted by molar-refractivity contribution is -0.137. The van der Waals surface area contributed by atoms with Gasteiger partial charge in [-0.15, -0.1) is 0 Å². The topological polar surface area (TPSA) is 62.0 Å². The van der Waals surface area contributed by atoms with Crippen LogP contribution in [0.25, 0.3) is 0 Å². The molecule has 0 unspecified atom stereocenters. The van der Waals surface area contributed by atoms with Gasteiger partial charge in [0.2, 0.25) is 5.56 Å². The van der Waals surface area contributed by atoms with Crippen molar-refractivity contribution >= 4 is 23.2 Å². The number of anilines is 1. The van der Waals surface area contributed by atoms with Crippen molar-refractivity contribution in [2.45, 2.75) is 6.18 Å². The molecule has 0 spiro atoms. The Labute approximate surface area is 121 Å². The number of rotatable bonds is 2. The SMILES string of the molecule is O=C(Nc1ccc(C(F)(F)F)cc1Cl)c1cccc(=O)[nH]1. The lowest BCUT2D eigenvalue weighted by Crippen LogP contribution is -2.18. The van der Waals surface area contributed by atoms with Crippen molar-refractivity contribution in [3.63, 3.8) is 0 Å². The predicted octanol–water partition coefficient (Wildman–Crippen LogP) is 3.30. The van der Waals surface area contributed by atoms with Crippen LogP contribution in [-0.2, 0) is 6.18 Å². The summed E-state index contributed by atoms with van der Waals surface area (Å²) in [5, 5.41) is 2.07. The van der Waals surface area contributed by atoms with Crippen LogP contribution in [-0.4, -0.2) is 10.9 Å². The van der Waals surface area contributed by atoms with Crippen LogP contribution in [0.2, 0.25) is 5.02 Å². The molecule has 2 aromatic rings. The molecule has 0 aliphatic heterocycles. The third-order valence-electron chi connectivity index (χ3n) is 2.56. The molecule has 1 aromatic heterocycles. The third-order valence-corrected chi connectivity index (χ3v) is 2.87. The second-order valence-corrected chi connectivity index (χ2v) is 4.48. The number of aromatic amines is 1. The highest BCUT2D eigenvalue weighted by Gasteiger charge is 2.31. The molecule has 1 amide bonds. The molecule has 0 bridgehead atoms. The van der Waals surface area contributed by atoms with Crippen LogP contribution in [0.15, 0.2) is 41.2 Å². The molecule has 0 fully saturated rings. The van der Waals surface area contributed by atoms with E-state index in [1.165, 1.54) is 18.2 Å². The standard InChI is InChI=1S/C13H8ClF3N2O2/c14-8-6-7(13(15,16)17)4-5-9(8)19-12(21)10-2-1-3-11(20)18-10/h1-6H,(H,18,20)(H,19,21). The minimum Gasteiger partial charge on any atom is -0.319 e. The number of nitrogens with one attached hydrogen (secondary N) is 2. The normalized spacial score (nSPS) is 11.2. The summed E-state index contributed by atoms with van der Waals surface area (Å²) in [4.78, 5) is 25.2. The first-order valence-electron chi connectivity index (χ1n) is 5.65. The van der Waals surface area contributed by atoms with E-state index in [0.29, 0.717) is 6.07 Å². The van der Waals surface area contributed by atoms with Gasteiger partial charge in [-0.25, -0.2) is 0 Å². The second-order valence-electron chi connectivity index (χ2n) is 4.08. The zero-order chi connectivity index (χ0) is 15.6. The fourth-order valence-electron chi connectivity index (χ4n) is 1.56. The molecular weight excluding hydrogens is 309 g/mol. The van der Waals surface area contributed by atoms with Crippen molar-refractivity contribution in [2.24, 2.45) is 0 Å². The van der Waals surface area contributed by atoms with Crippen molar-refractivity contribution in [3.05, 3.63) is 63.0 Å². The van der Waals surface area contributed by atoms with Crippen LogP contribution in [0.4, 0.5) is 18.9 Å². The number of carbonyl (C=O) groups is 1. The highest BCUT2D eigenvalue weighted by Crippen LogP contribution is 2.33. The van der Waals surface area contributed by atoms with E-state index in [0.717, 1.165) is 12.1 Å². The molecule has 0 saturated heterocycles. The largest absolute Gasteiger partial charge is 0.416 e. The van der Waals surface area contributed by atoms with Gasteiger partial charge in [0.15, 0.2) is 0 Å². The summed E-state index contributed by atoms with van der Waals surface area (Å²) in [5.74, 6) is -0.686. The van der Waals surface area contributed by atoms with Gasteiger partial charge < -0.3 is 10.3 Å². The summed E-state index contributed by atoms with van der Waals surface area (Å²) in [5.41, 5.74) is -1.40. The van der Waals surface area contributed by atoms with E-state index >= 15 is 0 Å². The number of alkyl halides is 3. The zero-order valence-electron chi connectivity index (χ0n) is 10.3. The molecule has 110 valence electrons. The van der Waals surface area contributed by atoms with Crippen molar-refractivity contribution < 1.29 is 18.0 Å². The molecule has 21 heavy (non-hydrogen) atoms. The number of carbonyl (C=O) groups excluding carboxylic acids is 1. The number of hydrogen-bond acceptors (Lipinski definition) is 2. The minimum absolute atomic E-state index is 0.0133. The summed E-state index contributed by atoms with van der Waals surface area (Å²) in [6.45, 7) is 0. The predicted molar refractivity (Wildman–Crippen MR) is 71.5 cm³/mol. The van der Waals surface area contributed by atoms with Crippen LogP contribution in [0.1, 0.15) is 16.1 Å². The van der Waals surface area contributed by atoms with E-state index in [-0.39, 0.29) is 16.4 Å². The number of amides is 1. The lowest BCUT2D eigenvalue weighted by Gasteiger charge is -2.11. The smallest absolute Gasteiger partial charge is 0.319 e. The van der Waals surface area contributed by atoms with Crippen LogP contribution < -0.4 is 10.9 Å². The molecule has 2 rings (SSSR count). The Bertz CT molecular complexity index is 741. The summed E-state index contributed by atoms with van der Waals surface area (Å²) >= 11 is 5.71. The molecule has 1 aromatic carbocycles. The van der Waals surface area contributed by atoms with Gasteiger partial charge in [-0.1, -0.05) is 17.7 Å². The summed E-state index contributed by atoms with van der Waals surface area (Å²) in [6.07, 6.45) is -4.52. The Hall–Kier alpha value is -2.28. The second kappa shape index (κ2) is 5.61. The minimum atomic E-state index is -4.52. The van der Waals surface area contributed by atoms with Crippen LogP contribution in [0.5, 0.6) is 0 Å². The Kier molecular flexibility index (Phi) is 4.04. The summed E-state index contributed by atoms with van der Waals surface area (Å²) in [6, 6.07) is 6.52. The molecule has 1 heterocycles. The molecule has 0 aliphatic carbocycles. The lowest BCUT2D eigenvalue weighted by atomic mass is 10.2. The maximum Gasteiger partial charge on any atom is 0.416 e. The Morgan fingerprint density at radius 1 is 1.19 bits per heavy atom. The first-order valence-corrected chi connectivity index (χ1v) is 6.02. The summed E-state index contributed by atoms with van der Waals surface area (Å²) < 4.78 is 37.5. The van der Waals surface area contributed by atoms with Gasteiger partial charge in [0.25, 0.3) is 5.91 Å². The highest BCUT2D eigenvalue weighted by molar-refractivity contribution is 6.34. The van der Waals surface area contributed by atoms with Crippen LogP contribution >= 0.6 is 11.6 Å². The van der Waals surface area contributed by atoms with Crippen molar-refractivity contribution in [1.29, 1.82) is 0 Å². The van der Waals surface area contributed by atoms with Crippen molar-refractivity contribution in [2.75, 3.05) is 5.32 Å². The van der Waals surface area contributed by atoms with Gasteiger partial charge in [-0.2, -0.15) is 13.2 Å². The van der Waals surface area contributed by atoms with Crippen molar-refractivity contribution in [3.8, 4) is 0 Å². The molecule has 0 radical (unpaired) electrons. The van der Waals surface area contributed by atoms with Crippen LogP contribution in [0, 0.1) is 0 Å². The van der Waals surface area contributed by atoms with E-state index in [9.17, 15) is 22.8 Å². The first-order chi connectivity index (χ1) is 9.77. The number of hydrogen-bond donors (Lipinski definition) is 2. The Balaban J connectivity index is 2.24. The molecule has 0 saturated carbocycles. The molecule has 2 N–H and O–H groups in total. The number of benzene rings is 1. The van der Waals surface area contributed by atoms with Gasteiger partial charge in [0, 0.05) is 6.07 Å². The van der Waals surface area contributed by atoms with E-state index < -0.39 is 23.2 Å². The Morgan fingerprint density at radius 2 is 1.90 bits per heavy atom. The van der Waals surface area contributed by atoms with Gasteiger partial charge >= 0.3 is 6.18 Å². The molecular formula is C13H8ClF3N2O2. The van der Waals surface area contributed by atoms with Gasteiger partial charge in [-0.05, 0) is 24.3 Å². The zero-order valence-corrected chi connectivity index (χ0v) is 11.0. The Morgan fingerprint density at radius 3 is 2.48 bits per heavy atom. The maximum absolute atomic E-state index is 12.5. The monoisotopic (exact) mass is 316 g/mol. The molecule has 0 atom stereocenters. The van der Waals surface area contributed by atoms with Crippen molar-refractivity contribution in [1.82, 2.24) is 4.98 Å². The number of H-pyrrole nitrogens is 1. The molecule has 8 heteroatoms. The van der Waals surface area contributed by atoms with E-state index in [4.69, 9.17) is 11.6 Å². The van der Waals surface area contributed by atoms with E-state index in [1.807, 2.05) is 0 Å². The number of aromatic nitrogens is 1. The van der Waals surface area contributed by atoms with E-state index in [2.05, 4.69) is 10.3 Å². The molecule has 4 nitrogen and oxygen atoms in total. The highest BCUT2D eigenvalue weighted by atomic mass is 35.5. The van der Waals surface area contributed by atoms with E-state index in [1.54, 1.807) is 0 Å². The molecule has 0 aliphatic rings. The maximum atomic E-state index is 12.5. The van der Waals surface area contributed by atoms with Gasteiger partial charge in [-0.3, -0.25) is 9.59 Å². The first kappa shape index (κ1) is 15.1. The average Bonchev–Trinajstić information content (AvgIpc) is 2.39.